The van der Waals surface area contributed by atoms with Gasteiger partial charge in [0.1, 0.15) is 0 Å². The SMILES string of the molecule is COC[C@@H]1CCN(C)C2(C1)CN(C(=O)CCc1ccccc1Cl)C2. The van der Waals surface area contributed by atoms with Crippen LogP contribution in [0.15, 0.2) is 24.3 Å². The summed E-state index contributed by atoms with van der Waals surface area (Å²) in [6.45, 7) is 3.63. The van der Waals surface area contributed by atoms with Gasteiger partial charge in [-0.25, -0.2) is 0 Å². The molecule has 0 aliphatic carbocycles. The van der Waals surface area contributed by atoms with E-state index in [9.17, 15) is 4.79 Å². The van der Waals surface area contributed by atoms with Gasteiger partial charge in [-0.05, 0) is 50.4 Å². The van der Waals surface area contributed by atoms with Gasteiger partial charge in [0.2, 0.25) is 5.91 Å². The molecule has 4 nitrogen and oxygen atoms in total. The molecule has 0 bridgehead atoms. The van der Waals surface area contributed by atoms with E-state index in [4.69, 9.17) is 16.3 Å². The number of likely N-dealkylation sites (N-methyl/N-ethyl adjacent to an activating group) is 1. The number of piperidine rings is 1. The molecule has 2 fully saturated rings. The second-order valence-corrected chi connectivity index (χ2v) is 7.71. The second-order valence-electron chi connectivity index (χ2n) is 7.30. The number of rotatable bonds is 5. The van der Waals surface area contributed by atoms with Crippen molar-refractivity contribution in [2.75, 3.05) is 40.4 Å². The number of aryl methyl sites for hydroxylation is 1. The van der Waals surface area contributed by atoms with E-state index in [0.29, 0.717) is 18.8 Å². The molecule has 1 amide bonds. The van der Waals surface area contributed by atoms with Crippen molar-refractivity contribution in [3.63, 3.8) is 0 Å². The number of amides is 1. The Kier molecular flexibility index (Phi) is 5.48. The van der Waals surface area contributed by atoms with Gasteiger partial charge in [-0.1, -0.05) is 29.8 Å². The van der Waals surface area contributed by atoms with Gasteiger partial charge in [0.15, 0.2) is 0 Å². The van der Waals surface area contributed by atoms with Crippen molar-refractivity contribution in [2.24, 2.45) is 5.92 Å². The summed E-state index contributed by atoms with van der Waals surface area (Å²) in [6, 6.07) is 7.77. The van der Waals surface area contributed by atoms with Gasteiger partial charge in [0, 0.05) is 38.2 Å². The first-order valence-corrected chi connectivity index (χ1v) is 9.13. The molecule has 5 heteroatoms. The summed E-state index contributed by atoms with van der Waals surface area (Å²) in [5.74, 6) is 0.856. The Bertz CT molecular complexity index is 586. The highest BCUT2D eigenvalue weighted by atomic mass is 35.5. The maximum Gasteiger partial charge on any atom is 0.223 e. The summed E-state index contributed by atoms with van der Waals surface area (Å²) in [4.78, 5) is 16.9. The van der Waals surface area contributed by atoms with E-state index in [1.165, 1.54) is 6.42 Å². The van der Waals surface area contributed by atoms with Crippen LogP contribution in [-0.4, -0.2) is 61.6 Å². The minimum Gasteiger partial charge on any atom is -0.384 e. The molecule has 24 heavy (non-hydrogen) atoms. The fourth-order valence-electron chi connectivity index (χ4n) is 4.10. The van der Waals surface area contributed by atoms with E-state index in [-0.39, 0.29) is 11.4 Å². The lowest BCUT2D eigenvalue weighted by Crippen LogP contribution is -2.72. The van der Waals surface area contributed by atoms with Crippen molar-refractivity contribution in [1.29, 1.82) is 0 Å². The number of hydrogen-bond acceptors (Lipinski definition) is 3. The Morgan fingerprint density at radius 3 is 2.83 bits per heavy atom. The molecule has 1 aromatic rings. The van der Waals surface area contributed by atoms with Crippen LogP contribution in [-0.2, 0) is 16.0 Å². The number of likely N-dealkylation sites (tertiary alicyclic amines) is 2. The molecule has 1 atom stereocenters. The first-order chi connectivity index (χ1) is 11.5. The average molecular weight is 351 g/mol. The standard InChI is InChI=1S/C19H27ClN2O2/c1-21-10-9-15(12-24-2)11-19(21)13-22(14-19)18(23)8-7-16-5-3-4-6-17(16)20/h3-6,15H,7-14H2,1-2H3/t15-/m1/s1. The summed E-state index contributed by atoms with van der Waals surface area (Å²) in [5, 5.41) is 0.750. The summed E-state index contributed by atoms with van der Waals surface area (Å²) in [5.41, 5.74) is 1.22. The second kappa shape index (κ2) is 7.42. The number of ether oxygens (including phenoxy) is 1. The molecule has 0 radical (unpaired) electrons. The minimum absolute atomic E-state index is 0.168. The van der Waals surface area contributed by atoms with Gasteiger partial charge in [0.05, 0.1) is 5.54 Å². The molecule has 0 N–H and O–H groups in total. The maximum absolute atomic E-state index is 12.5. The van der Waals surface area contributed by atoms with Gasteiger partial charge in [-0.2, -0.15) is 0 Å². The third kappa shape index (κ3) is 3.61. The molecule has 0 aromatic heterocycles. The van der Waals surface area contributed by atoms with Crippen LogP contribution in [0.5, 0.6) is 0 Å². The summed E-state index contributed by atoms with van der Waals surface area (Å²) in [6.07, 6.45) is 3.56. The van der Waals surface area contributed by atoms with Gasteiger partial charge in [0.25, 0.3) is 0 Å². The highest BCUT2D eigenvalue weighted by Crippen LogP contribution is 2.38. The zero-order valence-electron chi connectivity index (χ0n) is 14.6. The van der Waals surface area contributed by atoms with Gasteiger partial charge >= 0.3 is 0 Å². The molecule has 0 unspecified atom stereocenters. The summed E-state index contributed by atoms with van der Waals surface area (Å²) < 4.78 is 5.34. The zero-order valence-corrected chi connectivity index (χ0v) is 15.4. The van der Waals surface area contributed by atoms with Crippen LogP contribution in [0, 0.1) is 5.92 Å². The van der Waals surface area contributed by atoms with Crippen LogP contribution in [0.2, 0.25) is 5.02 Å². The van der Waals surface area contributed by atoms with E-state index >= 15 is 0 Å². The van der Waals surface area contributed by atoms with Crippen LogP contribution in [0.1, 0.15) is 24.8 Å². The fraction of sp³-hybridized carbons (Fsp3) is 0.632. The van der Waals surface area contributed by atoms with E-state index in [2.05, 4.69) is 11.9 Å². The quantitative estimate of drug-likeness (QED) is 0.818. The minimum atomic E-state index is 0.168. The third-order valence-electron chi connectivity index (χ3n) is 5.64. The molecular formula is C19H27ClN2O2. The molecule has 132 valence electrons. The van der Waals surface area contributed by atoms with Crippen molar-refractivity contribution in [3.8, 4) is 0 Å². The van der Waals surface area contributed by atoms with E-state index in [1.807, 2.05) is 29.2 Å². The number of benzene rings is 1. The number of nitrogens with zero attached hydrogens (tertiary/aromatic N) is 2. The Labute approximate surface area is 149 Å². The molecule has 0 saturated carbocycles. The number of halogens is 1. The number of carbonyl (C=O) groups is 1. The van der Waals surface area contributed by atoms with E-state index in [0.717, 1.165) is 43.2 Å². The van der Waals surface area contributed by atoms with Crippen molar-refractivity contribution < 1.29 is 9.53 Å². The molecule has 1 aromatic carbocycles. The van der Waals surface area contributed by atoms with Crippen molar-refractivity contribution in [3.05, 3.63) is 34.9 Å². The van der Waals surface area contributed by atoms with Crippen LogP contribution in [0.25, 0.3) is 0 Å². The number of hydrogen-bond donors (Lipinski definition) is 0. The topological polar surface area (TPSA) is 32.8 Å². The molecule has 2 heterocycles. The van der Waals surface area contributed by atoms with Crippen LogP contribution >= 0.6 is 11.6 Å². The Morgan fingerprint density at radius 1 is 1.38 bits per heavy atom. The van der Waals surface area contributed by atoms with Crippen molar-refractivity contribution in [2.45, 2.75) is 31.2 Å². The zero-order chi connectivity index (χ0) is 17.2. The van der Waals surface area contributed by atoms with Crippen molar-refractivity contribution in [1.82, 2.24) is 9.80 Å². The third-order valence-corrected chi connectivity index (χ3v) is 6.01. The normalized spacial score (nSPS) is 23.3. The lowest BCUT2D eigenvalue weighted by atomic mass is 9.75. The lowest BCUT2D eigenvalue weighted by Gasteiger charge is -2.58. The molecule has 2 aliphatic heterocycles. The molecule has 1 spiro atoms. The fourth-order valence-corrected chi connectivity index (χ4v) is 4.33. The van der Waals surface area contributed by atoms with Gasteiger partial charge in [-0.3, -0.25) is 9.69 Å². The Morgan fingerprint density at radius 2 is 2.12 bits per heavy atom. The Balaban J connectivity index is 1.51. The highest BCUT2D eigenvalue weighted by Gasteiger charge is 2.50. The summed E-state index contributed by atoms with van der Waals surface area (Å²) in [7, 11) is 3.96. The summed E-state index contributed by atoms with van der Waals surface area (Å²) >= 11 is 6.17. The molecule has 3 rings (SSSR count). The largest absolute Gasteiger partial charge is 0.384 e. The first kappa shape index (κ1) is 17.7. The predicted octanol–water partition coefficient (Wildman–Crippen LogP) is 2.84. The Hall–Kier alpha value is -1.10. The predicted molar refractivity (Wildman–Crippen MR) is 96.3 cm³/mol. The van der Waals surface area contributed by atoms with E-state index in [1.54, 1.807) is 7.11 Å². The van der Waals surface area contributed by atoms with Gasteiger partial charge < -0.3 is 9.64 Å². The van der Waals surface area contributed by atoms with Crippen molar-refractivity contribution >= 4 is 17.5 Å². The van der Waals surface area contributed by atoms with Crippen LogP contribution < -0.4 is 0 Å². The van der Waals surface area contributed by atoms with Crippen LogP contribution in [0.3, 0.4) is 0 Å². The monoisotopic (exact) mass is 350 g/mol. The maximum atomic E-state index is 12.5. The highest BCUT2D eigenvalue weighted by molar-refractivity contribution is 6.31. The molecule has 2 saturated heterocycles. The smallest absolute Gasteiger partial charge is 0.223 e. The van der Waals surface area contributed by atoms with Crippen LogP contribution in [0.4, 0.5) is 0 Å². The first-order valence-electron chi connectivity index (χ1n) is 8.75. The number of methoxy groups -OCH3 is 1. The molecule has 2 aliphatic rings. The van der Waals surface area contributed by atoms with Gasteiger partial charge in [-0.15, -0.1) is 0 Å². The van der Waals surface area contributed by atoms with E-state index < -0.39 is 0 Å². The average Bonchev–Trinajstić information content (AvgIpc) is 2.54. The molecular weight excluding hydrogens is 324 g/mol. The lowest BCUT2D eigenvalue weighted by molar-refractivity contribution is -0.150. The number of carbonyl (C=O) groups excluding carboxylic acids is 1.